The summed E-state index contributed by atoms with van der Waals surface area (Å²) in [6.07, 6.45) is 0. The predicted octanol–water partition coefficient (Wildman–Crippen LogP) is 3.52. The van der Waals surface area contributed by atoms with Crippen LogP contribution in [0.2, 0.25) is 5.02 Å². The van der Waals surface area contributed by atoms with Gasteiger partial charge in [-0.05, 0) is 30.3 Å². The van der Waals surface area contributed by atoms with Crippen LogP contribution in [0.5, 0.6) is 11.5 Å². The SMILES string of the molecule is COc1ccc(C(=O)Nc2ccc(OC)c([N+](=O)[O-])c2)cc1Cl. The summed E-state index contributed by atoms with van der Waals surface area (Å²) in [6.45, 7) is 0. The Labute approximate surface area is 136 Å². The van der Waals surface area contributed by atoms with Crippen LogP contribution in [0.3, 0.4) is 0 Å². The molecule has 0 aliphatic carbocycles. The average Bonchev–Trinajstić information content (AvgIpc) is 2.54. The van der Waals surface area contributed by atoms with E-state index < -0.39 is 10.8 Å². The number of anilines is 1. The fraction of sp³-hybridized carbons (Fsp3) is 0.133. The third kappa shape index (κ3) is 3.70. The maximum atomic E-state index is 12.2. The summed E-state index contributed by atoms with van der Waals surface area (Å²) in [6, 6.07) is 8.70. The zero-order chi connectivity index (χ0) is 17.0. The van der Waals surface area contributed by atoms with E-state index in [9.17, 15) is 14.9 Å². The zero-order valence-electron chi connectivity index (χ0n) is 12.3. The van der Waals surface area contributed by atoms with Crippen LogP contribution >= 0.6 is 11.6 Å². The topological polar surface area (TPSA) is 90.7 Å². The number of ether oxygens (including phenoxy) is 2. The number of amides is 1. The smallest absolute Gasteiger partial charge is 0.312 e. The molecule has 2 aromatic rings. The third-order valence-corrected chi connectivity index (χ3v) is 3.34. The molecule has 1 amide bonds. The second-order valence-corrected chi connectivity index (χ2v) is 4.85. The standard InChI is InChI=1S/C15H13ClN2O5/c1-22-13-5-3-9(7-11(13)16)15(19)17-10-4-6-14(23-2)12(8-10)18(20)21/h3-8H,1-2H3,(H,17,19). The lowest BCUT2D eigenvalue weighted by atomic mass is 10.2. The van der Waals surface area contributed by atoms with Gasteiger partial charge in [0, 0.05) is 17.3 Å². The van der Waals surface area contributed by atoms with Gasteiger partial charge in [-0.25, -0.2) is 0 Å². The molecule has 120 valence electrons. The Morgan fingerprint density at radius 1 is 1.13 bits per heavy atom. The number of benzene rings is 2. The van der Waals surface area contributed by atoms with E-state index in [1.165, 1.54) is 44.6 Å². The highest BCUT2D eigenvalue weighted by Gasteiger charge is 2.17. The Hall–Kier alpha value is -2.80. The first-order valence-corrected chi connectivity index (χ1v) is 6.81. The molecule has 8 heteroatoms. The van der Waals surface area contributed by atoms with Gasteiger partial charge in [0.05, 0.1) is 24.2 Å². The van der Waals surface area contributed by atoms with Gasteiger partial charge in [0.25, 0.3) is 5.91 Å². The van der Waals surface area contributed by atoms with E-state index in [1.807, 2.05) is 0 Å². The van der Waals surface area contributed by atoms with Crippen molar-refractivity contribution >= 4 is 28.9 Å². The highest BCUT2D eigenvalue weighted by Crippen LogP contribution is 2.30. The van der Waals surface area contributed by atoms with E-state index >= 15 is 0 Å². The molecule has 0 fully saturated rings. The molecule has 0 aliphatic heterocycles. The lowest BCUT2D eigenvalue weighted by Crippen LogP contribution is -2.12. The molecule has 2 rings (SSSR count). The number of hydrogen-bond acceptors (Lipinski definition) is 5. The Bertz CT molecular complexity index is 764. The molecule has 1 N–H and O–H groups in total. The van der Waals surface area contributed by atoms with Gasteiger partial charge in [0.1, 0.15) is 5.75 Å². The van der Waals surface area contributed by atoms with Gasteiger partial charge in [0.2, 0.25) is 0 Å². The predicted molar refractivity (Wildman–Crippen MR) is 85.6 cm³/mol. The Morgan fingerprint density at radius 3 is 2.35 bits per heavy atom. The molecule has 0 unspecified atom stereocenters. The second kappa shape index (κ2) is 6.97. The quantitative estimate of drug-likeness (QED) is 0.666. The first-order valence-electron chi connectivity index (χ1n) is 6.43. The second-order valence-electron chi connectivity index (χ2n) is 4.45. The minimum Gasteiger partial charge on any atom is -0.495 e. The number of hydrogen-bond donors (Lipinski definition) is 1. The highest BCUT2D eigenvalue weighted by atomic mass is 35.5. The average molecular weight is 337 g/mol. The lowest BCUT2D eigenvalue weighted by Gasteiger charge is -2.08. The van der Waals surface area contributed by atoms with Crippen LogP contribution in [0, 0.1) is 10.1 Å². The number of halogens is 1. The van der Waals surface area contributed by atoms with Crippen LogP contribution in [0.4, 0.5) is 11.4 Å². The van der Waals surface area contributed by atoms with Gasteiger partial charge in [-0.15, -0.1) is 0 Å². The van der Waals surface area contributed by atoms with Crippen molar-refractivity contribution in [2.24, 2.45) is 0 Å². The molecule has 0 radical (unpaired) electrons. The number of nitro benzene ring substituents is 1. The Kier molecular flexibility index (Phi) is 5.02. The van der Waals surface area contributed by atoms with Crippen molar-refractivity contribution in [2.75, 3.05) is 19.5 Å². The molecule has 0 heterocycles. The van der Waals surface area contributed by atoms with E-state index in [-0.39, 0.29) is 17.1 Å². The van der Waals surface area contributed by atoms with Gasteiger partial charge in [0.15, 0.2) is 5.75 Å². The van der Waals surface area contributed by atoms with E-state index in [0.29, 0.717) is 16.3 Å². The molecular formula is C15H13ClN2O5. The van der Waals surface area contributed by atoms with Gasteiger partial charge >= 0.3 is 5.69 Å². The van der Waals surface area contributed by atoms with Crippen LogP contribution in [0.1, 0.15) is 10.4 Å². The van der Waals surface area contributed by atoms with Gasteiger partial charge in [-0.1, -0.05) is 11.6 Å². The summed E-state index contributed by atoms with van der Waals surface area (Å²) in [4.78, 5) is 22.6. The van der Waals surface area contributed by atoms with E-state index in [1.54, 1.807) is 6.07 Å². The lowest BCUT2D eigenvalue weighted by molar-refractivity contribution is -0.385. The molecule has 0 saturated heterocycles. The Balaban J connectivity index is 2.25. The van der Waals surface area contributed by atoms with Crippen molar-refractivity contribution in [1.82, 2.24) is 0 Å². The molecule has 0 bridgehead atoms. The number of carbonyl (C=O) groups is 1. The van der Waals surface area contributed by atoms with Gasteiger partial charge in [-0.3, -0.25) is 14.9 Å². The van der Waals surface area contributed by atoms with Gasteiger partial charge in [-0.2, -0.15) is 0 Å². The van der Waals surface area contributed by atoms with Crippen LogP contribution in [0.25, 0.3) is 0 Å². The van der Waals surface area contributed by atoms with Crippen LogP contribution in [0.15, 0.2) is 36.4 Å². The highest BCUT2D eigenvalue weighted by molar-refractivity contribution is 6.32. The summed E-state index contributed by atoms with van der Waals surface area (Å²) in [5.74, 6) is 0.109. The number of nitro groups is 1. The van der Waals surface area contributed by atoms with Crippen molar-refractivity contribution in [3.8, 4) is 11.5 Å². The van der Waals surface area contributed by atoms with Gasteiger partial charge < -0.3 is 14.8 Å². The first-order chi connectivity index (χ1) is 11.0. The van der Waals surface area contributed by atoms with Crippen molar-refractivity contribution in [2.45, 2.75) is 0 Å². The Morgan fingerprint density at radius 2 is 1.78 bits per heavy atom. The van der Waals surface area contributed by atoms with Crippen molar-refractivity contribution in [3.05, 3.63) is 57.1 Å². The molecule has 0 aliphatic rings. The molecule has 0 aromatic heterocycles. The largest absolute Gasteiger partial charge is 0.495 e. The summed E-state index contributed by atoms with van der Waals surface area (Å²) < 4.78 is 9.92. The number of methoxy groups -OCH3 is 2. The number of rotatable bonds is 5. The zero-order valence-corrected chi connectivity index (χ0v) is 13.1. The number of carbonyl (C=O) groups excluding carboxylic acids is 1. The van der Waals surface area contributed by atoms with Crippen molar-refractivity contribution in [3.63, 3.8) is 0 Å². The summed E-state index contributed by atoms with van der Waals surface area (Å²) in [5, 5.41) is 13.8. The van der Waals surface area contributed by atoms with Crippen molar-refractivity contribution in [1.29, 1.82) is 0 Å². The van der Waals surface area contributed by atoms with Crippen LogP contribution in [-0.4, -0.2) is 25.1 Å². The summed E-state index contributed by atoms with van der Waals surface area (Å²) >= 11 is 5.97. The van der Waals surface area contributed by atoms with Crippen LogP contribution in [-0.2, 0) is 0 Å². The molecule has 23 heavy (non-hydrogen) atoms. The third-order valence-electron chi connectivity index (χ3n) is 3.05. The van der Waals surface area contributed by atoms with E-state index in [2.05, 4.69) is 5.32 Å². The summed E-state index contributed by atoms with van der Waals surface area (Å²) in [7, 11) is 2.80. The maximum absolute atomic E-state index is 12.2. The van der Waals surface area contributed by atoms with Crippen LogP contribution < -0.4 is 14.8 Å². The first kappa shape index (κ1) is 16.6. The molecule has 7 nitrogen and oxygen atoms in total. The van der Waals surface area contributed by atoms with E-state index in [4.69, 9.17) is 21.1 Å². The molecule has 0 spiro atoms. The number of nitrogens with one attached hydrogen (secondary N) is 1. The monoisotopic (exact) mass is 336 g/mol. The van der Waals surface area contributed by atoms with E-state index in [0.717, 1.165) is 0 Å². The molecular weight excluding hydrogens is 324 g/mol. The molecule has 2 aromatic carbocycles. The maximum Gasteiger partial charge on any atom is 0.312 e. The normalized spacial score (nSPS) is 10.0. The summed E-state index contributed by atoms with van der Waals surface area (Å²) in [5.41, 5.74) is 0.335. The van der Waals surface area contributed by atoms with Crippen molar-refractivity contribution < 1.29 is 19.2 Å². The minimum atomic E-state index is -0.585. The minimum absolute atomic E-state index is 0.112. The molecule has 0 saturated carbocycles. The fourth-order valence-corrected chi connectivity index (χ4v) is 2.18. The molecule has 0 atom stereocenters. The fourth-order valence-electron chi connectivity index (χ4n) is 1.92. The number of nitrogens with zero attached hydrogens (tertiary/aromatic N) is 1.